The minimum absolute atomic E-state index is 0.0153. The molecule has 7 heteroatoms. The Kier molecular flexibility index (Phi) is 9.56. The molecule has 0 amide bonds. The molecule has 27 heavy (non-hydrogen) atoms. The van der Waals surface area contributed by atoms with E-state index in [0.717, 1.165) is 0 Å². The Labute approximate surface area is 180 Å². The maximum Gasteiger partial charge on any atom is 0.508 e. The summed E-state index contributed by atoms with van der Waals surface area (Å²) in [4.78, 5) is 11.9. The van der Waals surface area contributed by atoms with Crippen LogP contribution in [0.15, 0.2) is 0 Å². The summed E-state index contributed by atoms with van der Waals surface area (Å²) >= 11 is 2.27. The molecule has 1 aliphatic rings. The van der Waals surface area contributed by atoms with Crippen LogP contribution in [0.3, 0.4) is 0 Å². The van der Waals surface area contributed by atoms with Crippen LogP contribution >= 0.6 is 22.6 Å². The summed E-state index contributed by atoms with van der Waals surface area (Å²) in [7, 11) is -2.04. The van der Waals surface area contributed by atoms with Gasteiger partial charge in [-0.3, -0.25) is 0 Å². The summed E-state index contributed by atoms with van der Waals surface area (Å²) in [6.07, 6.45) is -1.90. The largest absolute Gasteiger partial charge is 0.508 e. The molecule has 1 rings (SSSR count). The molecule has 0 aliphatic carbocycles. The van der Waals surface area contributed by atoms with E-state index in [1.54, 1.807) is 0 Å². The zero-order valence-corrected chi connectivity index (χ0v) is 21.5. The van der Waals surface area contributed by atoms with Crippen LogP contribution in [0, 0.1) is 11.8 Å². The first kappa shape index (κ1) is 25.2. The number of alkyl halides is 1. The fourth-order valence-corrected chi connectivity index (χ4v) is 11.1. The fraction of sp³-hybridized carbons (Fsp3) is 0.950. The predicted molar refractivity (Wildman–Crippen MR) is 120 cm³/mol. The molecule has 1 saturated heterocycles. The summed E-state index contributed by atoms with van der Waals surface area (Å²) in [6.45, 7) is 19.7. The zero-order chi connectivity index (χ0) is 21.1. The Bertz CT molecular complexity index is 461. The highest BCUT2D eigenvalue weighted by Gasteiger charge is 2.47. The van der Waals surface area contributed by atoms with Crippen LogP contribution in [0.5, 0.6) is 0 Å². The Hall–Kier alpha value is 0.137. The summed E-state index contributed by atoms with van der Waals surface area (Å²) < 4.78 is 17.5. The highest BCUT2D eigenvalue weighted by molar-refractivity contribution is 14.1. The molecule has 1 heterocycles. The summed E-state index contributed by atoms with van der Waals surface area (Å²) in [6, 6.07) is 0. The molecule has 0 aromatic rings. The normalized spacial score (nSPS) is 27.5. The van der Waals surface area contributed by atoms with E-state index >= 15 is 0 Å². The van der Waals surface area contributed by atoms with E-state index < -0.39 is 20.6 Å². The number of ether oxygens (including phenoxy) is 2. The number of hydrogen-bond donors (Lipinski definition) is 1. The number of carbonyl (C=O) groups excluding carboxylic acids is 1. The second-order valence-corrected chi connectivity index (χ2v) is 16.4. The molecule has 1 N–H and O–H groups in total. The van der Waals surface area contributed by atoms with Gasteiger partial charge >= 0.3 is 6.16 Å². The SMILES string of the molecule is CC(C)[Si](OC[C@H](O)[C@@H](C)[C@H]1OC(=O)O[C@H]([C@H](C)I)[C@H]1C)(C(C)C)C(C)C. The fourth-order valence-electron chi connectivity index (χ4n) is 4.85. The topological polar surface area (TPSA) is 65.0 Å². The van der Waals surface area contributed by atoms with Crippen molar-refractivity contribution in [2.75, 3.05) is 6.61 Å². The lowest BCUT2D eigenvalue weighted by Crippen LogP contribution is -2.53. The molecule has 1 fully saturated rings. The smallest absolute Gasteiger partial charge is 0.430 e. The Morgan fingerprint density at radius 1 is 1.00 bits per heavy atom. The highest BCUT2D eigenvalue weighted by Crippen LogP contribution is 2.42. The third-order valence-corrected chi connectivity index (χ3v) is 13.1. The number of aliphatic hydroxyl groups excluding tert-OH is 1. The monoisotopic (exact) mass is 514 g/mol. The Morgan fingerprint density at radius 3 is 1.85 bits per heavy atom. The summed E-state index contributed by atoms with van der Waals surface area (Å²) in [5, 5.41) is 10.9. The van der Waals surface area contributed by atoms with Gasteiger partial charge in [0.25, 0.3) is 0 Å². The number of hydrogen-bond acceptors (Lipinski definition) is 5. The van der Waals surface area contributed by atoms with Gasteiger partial charge in [-0.25, -0.2) is 4.79 Å². The first-order valence-electron chi connectivity index (χ1n) is 10.2. The average Bonchev–Trinajstić information content (AvgIpc) is 2.54. The molecule has 0 bridgehead atoms. The third kappa shape index (κ3) is 5.60. The number of aliphatic hydroxyl groups is 1. The number of cyclic esters (lactones) is 2. The van der Waals surface area contributed by atoms with E-state index in [1.807, 2.05) is 20.8 Å². The van der Waals surface area contributed by atoms with Gasteiger partial charge in [-0.2, -0.15) is 0 Å². The van der Waals surface area contributed by atoms with E-state index in [9.17, 15) is 9.90 Å². The molecular formula is C20H39IO5Si. The van der Waals surface area contributed by atoms with Gasteiger partial charge in [0, 0.05) is 15.8 Å². The number of halogens is 1. The predicted octanol–water partition coefficient (Wildman–Crippen LogP) is 5.54. The molecule has 0 saturated carbocycles. The molecule has 6 atom stereocenters. The standard InChI is InChI=1S/C20H39IO5Si/c1-11(2)27(12(3)4,13(5)6)24-10-17(22)14(7)18-15(8)19(16(9)21)26-20(23)25-18/h11-19,22H,10H2,1-9H3/t14-,15+,16+,17+,18-,19+/m1/s1. The first-order chi connectivity index (χ1) is 12.4. The molecule has 0 unspecified atom stereocenters. The van der Waals surface area contributed by atoms with Crippen molar-refractivity contribution in [2.24, 2.45) is 11.8 Å². The van der Waals surface area contributed by atoms with Crippen LogP contribution in [-0.2, 0) is 13.9 Å². The van der Waals surface area contributed by atoms with Crippen molar-refractivity contribution in [1.82, 2.24) is 0 Å². The number of carbonyl (C=O) groups is 1. The quantitative estimate of drug-likeness (QED) is 0.190. The van der Waals surface area contributed by atoms with Crippen LogP contribution in [0.4, 0.5) is 4.79 Å². The lowest BCUT2D eigenvalue weighted by Gasteiger charge is -2.44. The van der Waals surface area contributed by atoms with Crippen molar-refractivity contribution in [1.29, 1.82) is 0 Å². The lowest BCUT2D eigenvalue weighted by atomic mass is 9.84. The van der Waals surface area contributed by atoms with Gasteiger partial charge in [0.2, 0.25) is 0 Å². The van der Waals surface area contributed by atoms with E-state index in [2.05, 4.69) is 64.1 Å². The molecule has 0 aromatic heterocycles. The van der Waals surface area contributed by atoms with Crippen molar-refractivity contribution in [3.05, 3.63) is 0 Å². The minimum atomic E-state index is -2.04. The third-order valence-electron chi connectivity index (χ3n) is 6.29. The van der Waals surface area contributed by atoms with Crippen molar-refractivity contribution >= 4 is 37.1 Å². The van der Waals surface area contributed by atoms with Gasteiger partial charge in [0.15, 0.2) is 8.32 Å². The van der Waals surface area contributed by atoms with Crippen LogP contribution in [0.25, 0.3) is 0 Å². The lowest BCUT2D eigenvalue weighted by molar-refractivity contribution is -0.127. The summed E-state index contributed by atoms with van der Waals surface area (Å²) in [5.74, 6) is -0.203. The molecule has 0 spiro atoms. The van der Waals surface area contributed by atoms with E-state index in [1.165, 1.54) is 0 Å². The minimum Gasteiger partial charge on any atom is -0.430 e. The number of rotatable bonds is 9. The molecular weight excluding hydrogens is 475 g/mol. The maximum absolute atomic E-state index is 11.9. The Balaban J connectivity index is 2.89. The van der Waals surface area contributed by atoms with Gasteiger partial charge in [-0.15, -0.1) is 0 Å². The van der Waals surface area contributed by atoms with Crippen molar-refractivity contribution in [3.8, 4) is 0 Å². The van der Waals surface area contributed by atoms with Crippen LogP contribution in [-0.4, -0.2) is 48.4 Å². The van der Waals surface area contributed by atoms with Crippen molar-refractivity contribution < 1.29 is 23.8 Å². The highest BCUT2D eigenvalue weighted by atomic mass is 127. The zero-order valence-electron chi connectivity index (χ0n) is 18.4. The first-order valence-corrected chi connectivity index (χ1v) is 13.6. The molecule has 0 aromatic carbocycles. The van der Waals surface area contributed by atoms with Crippen molar-refractivity contribution in [2.45, 2.75) is 101 Å². The van der Waals surface area contributed by atoms with Crippen LogP contribution in [0.1, 0.15) is 62.3 Å². The van der Waals surface area contributed by atoms with E-state index in [-0.39, 0.29) is 34.6 Å². The second-order valence-electron chi connectivity index (χ2n) is 9.01. The van der Waals surface area contributed by atoms with Gasteiger partial charge in [-0.05, 0) is 23.5 Å². The van der Waals surface area contributed by atoms with Crippen molar-refractivity contribution in [3.63, 3.8) is 0 Å². The van der Waals surface area contributed by atoms with Gasteiger partial charge in [0.1, 0.15) is 12.2 Å². The second kappa shape index (κ2) is 10.3. The van der Waals surface area contributed by atoms with Crippen LogP contribution < -0.4 is 0 Å². The Morgan fingerprint density at radius 2 is 1.44 bits per heavy atom. The van der Waals surface area contributed by atoms with Crippen LogP contribution in [0.2, 0.25) is 16.6 Å². The molecule has 0 radical (unpaired) electrons. The molecule has 5 nitrogen and oxygen atoms in total. The van der Waals surface area contributed by atoms with Gasteiger partial charge < -0.3 is 19.0 Å². The maximum atomic E-state index is 11.9. The average molecular weight is 515 g/mol. The summed E-state index contributed by atoms with van der Waals surface area (Å²) in [5.41, 5.74) is 1.39. The van der Waals surface area contributed by atoms with Gasteiger partial charge in [0.05, 0.1) is 12.7 Å². The van der Waals surface area contributed by atoms with E-state index in [0.29, 0.717) is 16.6 Å². The molecule has 1 aliphatic heterocycles. The van der Waals surface area contributed by atoms with Gasteiger partial charge in [-0.1, -0.05) is 78.0 Å². The molecule has 160 valence electrons. The van der Waals surface area contributed by atoms with E-state index in [4.69, 9.17) is 13.9 Å².